The van der Waals surface area contributed by atoms with Crippen molar-refractivity contribution in [2.75, 3.05) is 18.6 Å². The van der Waals surface area contributed by atoms with Gasteiger partial charge in [-0.25, -0.2) is 4.79 Å². The number of rotatable bonds is 9. The van der Waals surface area contributed by atoms with Crippen LogP contribution >= 0.6 is 11.8 Å². The van der Waals surface area contributed by atoms with E-state index in [1.807, 2.05) is 23.3 Å². The summed E-state index contributed by atoms with van der Waals surface area (Å²) in [5.41, 5.74) is 0. The minimum atomic E-state index is -0.384. The lowest BCUT2D eigenvalue weighted by atomic mass is 10.2. The molecule has 0 aliphatic carbocycles. The lowest BCUT2D eigenvalue weighted by Crippen LogP contribution is -2.14. The topological polar surface area (TPSA) is 57.0 Å². The number of hydrogen-bond acceptors (Lipinski definition) is 5. The molecule has 0 aromatic carbocycles. The molecule has 0 bridgehead atoms. The van der Waals surface area contributed by atoms with Gasteiger partial charge in [0.2, 0.25) is 5.82 Å². The van der Waals surface area contributed by atoms with E-state index in [9.17, 15) is 4.79 Å². The van der Waals surface area contributed by atoms with Gasteiger partial charge in [-0.3, -0.25) is 0 Å². The van der Waals surface area contributed by atoms with E-state index in [4.69, 9.17) is 4.74 Å². The number of esters is 1. The molecule has 1 aromatic heterocycles. The molecule has 1 heterocycles. The molecule has 0 aliphatic rings. The van der Waals surface area contributed by atoms with Crippen molar-refractivity contribution in [2.24, 2.45) is 0 Å². The highest BCUT2D eigenvalue weighted by atomic mass is 32.2. The highest BCUT2D eigenvalue weighted by Gasteiger charge is 2.17. The van der Waals surface area contributed by atoms with E-state index < -0.39 is 0 Å². The molecule has 5 nitrogen and oxygen atoms in total. The van der Waals surface area contributed by atoms with Crippen LogP contribution in [0.2, 0.25) is 0 Å². The number of carbonyl (C=O) groups is 1. The Morgan fingerprint density at radius 1 is 1.26 bits per heavy atom. The van der Waals surface area contributed by atoms with Gasteiger partial charge in [0.15, 0.2) is 0 Å². The van der Waals surface area contributed by atoms with Crippen LogP contribution in [0.5, 0.6) is 0 Å². The van der Waals surface area contributed by atoms with Crippen molar-refractivity contribution in [3.8, 4) is 0 Å². The van der Waals surface area contributed by atoms with E-state index in [-0.39, 0.29) is 5.97 Å². The molecule has 0 aliphatic heterocycles. The number of thioether (sulfide) groups is 1. The van der Waals surface area contributed by atoms with Gasteiger partial charge in [-0.1, -0.05) is 12.8 Å². The van der Waals surface area contributed by atoms with E-state index in [0.29, 0.717) is 12.4 Å². The summed E-state index contributed by atoms with van der Waals surface area (Å²) in [5.74, 6) is 1.93. The maximum atomic E-state index is 11.7. The van der Waals surface area contributed by atoms with Gasteiger partial charge >= 0.3 is 5.97 Å². The minimum absolute atomic E-state index is 0.323. The fraction of sp³-hybridized carbons (Fsp3) is 0.769. The Morgan fingerprint density at radius 2 is 2.00 bits per heavy atom. The molecule has 0 unspecified atom stereocenters. The average Bonchev–Trinajstić information content (AvgIpc) is 2.76. The third kappa shape index (κ3) is 5.22. The summed E-state index contributed by atoms with van der Waals surface area (Å²) in [6.07, 6.45) is 6.83. The molecule has 1 rings (SSSR count). The normalized spacial score (nSPS) is 10.7. The molecule has 0 radical (unpaired) electrons. The van der Waals surface area contributed by atoms with Gasteiger partial charge in [-0.15, -0.1) is 10.2 Å². The summed E-state index contributed by atoms with van der Waals surface area (Å²) in [5, 5.41) is 7.85. The van der Waals surface area contributed by atoms with Crippen molar-refractivity contribution in [3.05, 3.63) is 11.6 Å². The monoisotopic (exact) mass is 285 g/mol. The van der Waals surface area contributed by atoms with Crippen molar-refractivity contribution < 1.29 is 9.53 Å². The van der Waals surface area contributed by atoms with Crippen LogP contribution in [0.4, 0.5) is 0 Å². The van der Waals surface area contributed by atoms with Crippen LogP contribution < -0.4 is 0 Å². The smallest absolute Gasteiger partial charge is 0.376 e. The summed E-state index contributed by atoms with van der Waals surface area (Å²) >= 11 is 1.89. The van der Waals surface area contributed by atoms with Gasteiger partial charge in [0.1, 0.15) is 5.82 Å². The Kier molecular flexibility index (Phi) is 7.55. The SMILES string of the molecule is CCOC(=O)c1nnc(C)n1CCCCCCSC. The zero-order valence-corrected chi connectivity index (χ0v) is 12.8. The molecular formula is C13H23N3O2S. The minimum Gasteiger partial charge on any atom is -0.460 e. The van der Waals surface area contributed by atoms with Crippen LogP contribution in [0.3, 0.4) is 0 Å². The number of ether oxygens (including phenoxy) is 1. The van der Waals surface area contributed by atoms with E-state index in [1.165, 1.54) is 25.0 Å². The maximum absolute atomic E-state index is 11.7. The van der Waals surface area contributed by atoms with E-state index >= 15 is 0 Å². The number of hydrogen-bond donors (Lipinski definition) is 0. The van der Waals surface area contributed by atoms with E-state index in [2.05, 4.69) is 16.5 Å². The summed E-state index contributed by atoms with van der Waals surface area (Å²) in [4.78, 5) is 11.7. The number of nitrogens with zero attached hydrogens (tertiary/aromatic N) is 3. The van der Waals surface area contributed by atoms with Gasteiger partial charge in [0.05, 0.1) is 6.61 Å². The first-order valence-corrected chi connectivity index (χ1v) is 8.16. The molecule has 0 atom stereocenters. The summed E-state index contributed by atoms with van der Waals surface area (Å²) in [6.45, 7) is 4.80. The van der Waals surface area contributed by atoms with Gasteiger partial charge in [0.25, 0.3) is 0 Å². The third-order valence-corrected chi connectivity index (χ3v) is 3.57. The Morgan fingerprint density at radius 3 is 2.68 bits per heavy atom. The lowest BCUT2D eigenvalue weighted by molar-refractivity contribution is 0.0505. The Bertz CT molecular complexity index is 393. The molecule has 0 amide bonds. The first kappa shape index (κ1) is 16.0. The van der Waals surface area contributed by atoms with Gasteiger partial charge in [0, 0.05) is 6.54 Å². The first-order chi connectivity index (χ1) is 9.20. The highest BCUT2D eigenvalue weighted by molar-refractivity contribution is 7.98. The zero-order chi connectivity index (χ0) is 14.1. The second kappa shape index (κ2) is 8.96. The van der Waals surface area contributed by atoms with Crippen LogP contribution in [0.15, 0.2) is 0 Å². The largest absolute Gasteiger partial charge is 0.460 e. The number of carbonyl (C=O) groups excluding carboxylic acids is 1. The fourth-order valence-corrected chi connectivity index (χ4v) is 2.36. The molecule has 1 aromatic rings. The molecule has 6 heteroatoms. The van der Waals surface area contributed by atoms with Gasteiger partial charge < -0.3 is 9.30 Å². The molecule has 0 spiro atoms. The predicted octanol–water partition coefficient (Wildman–Crippen LogP) is 2.69. The van der Waals surface area contributed by atoms with Crippen LogP contribution in [0.25, 0.3) is 0 Å². The standard InChI is InChI=1S/C13H23N3O2S/c1-4-18-13(17)12-15-14-11(2)16(12)9-7-5-6-8-10-19-3/h4-10H2,1-3H3. The molecule has 0 fully saturated rings. The second-order valence-electron chi connectivity index (χ2n) is 4.35. The number of aryl methyl sites for hydroxylation is 1. The molecule has 108 valence electrons. The summed E-state index contributed by atoms with van der Waals surface area (Å²) in [6, 6.07) is 0. The van der Waals surface area contributed by atoms with Crippen LogP contribution in [-0.4, -0.2) is 39.3 Å². The predicted molar refractivity (Wildman–Crippen MR) is 77.6 cm³/mol. The number of unbranched alkanes of at least 4 members (excludes halogenated alkanes) is 3. The fourth-order valence-electron chi connectivity index (χ4n) is 1.87. The van der Waals surface area contributed by atoms with Crippen LogP contribution in [0, 0.1) is 6.92 Å². The Hall–Kier alpha value is -1.04. The molecule has 0 saturated heterocycles. The van der Waals surface area contributed by atoms with Crippen LogP contribution in [-0.2, 0) is 11.3 Å². The van der Waals surface area contributed by atoms with Crippen molar-refractivity contribution in [1.82, 2.24) is 14.8 Å². The van der Waals surface area contributed by atoms with Crippen molar-refractivity contribution in [3.63, 3.8) is 0 Å². The Labute approximate surface area is 119 Å². The molecular weight excluding hydrogens is 262 g/mol. The van der Waals surface area contributed by atoms with E-state index in [0.717, 1.165) is 18.8 Å². The van der Waals surface area contributed by atoms with Crippen LogP contribution in [0.1, 0.15) is 49.1 Å². The summed E-state index contributed by atoms with van der Waals surface area (Å²) in [7, 11) is 0. The van der Waals surface area contributed by atoms with Gasteiger partial charge in [-0.05, 0) is 38.7 Å². The molecule has 19 heavy (non-hydrogen) atoms. The maximum Gasteiger partial charge on any atom is 0.376 e. The van der Waals surface area contributed by atoms with Crippen molar-refractivity contribution in [2.45, 2.75) is 46.1 Å². The van der Waals surface area contributed by atoms with Gasteiger partial charge in [-0.2, -0.15) is 11.8 Å². The third-order valence-electron chi connectivity index (χ3n) is 2.87. The Balaban J connectivity index is 2.44. The zero-order valence-electron chi connectivity index (χ0n) is 12.0. The van der Waals surface area contributed by atoms with Crippen molar-refractivity contribution in [1.29, 1.82) is 0 Å². The second-order valence-corrected chi connectivity index (χ2v) is 5.34. The number of aromatic nitrogens is 3. The lowest BCUT2D eigenvalue weighted by Gasteiger charge is -2.07. The highest BCUT2D eigenvalue weighted by Crippen LogP contribution is 2.09. The summed E-state index contributed by atoms with van der Waals surface area (Å²) < 4.78 is 6.83. The molecule has 0 saturated carbocycles. The van der Waals surface area contributed by atoms with E-state index in [1.54, 1.807) is 6.92 Å². The van der Waals surface area contributed by atoms with Crippen molar-refractivity contribution >= 4 is 17.7 Å². The first-order valence-electron chi connectivity index (χ1n) is 6.76. The average molecular weight is 285 g/mol. The quantitative estimate of drug-likeness (QED) is 0.516. The molecule has 0 N–H and O–H groups in total.